The number of nitrogens with zero attached hydrogens (tertiary/aromatic N) is 1. The Labute approximate surface area is 114 Å². The Morgan fingerprint density at radius 1 is 1.42 bits per heavy atom. The molecule has 104 valence electrons. The summed E-state index contributed by atoms with van der Waals surface area (Å²) in [6, 6.07) is 5.89. The summed E-state index contributed by atoms with van der Waals surface area (Å²) < 4.78 is 4.70. The van der Waals surface area contributed by atoms with Crippen LogP contribution in [0.15, 0.2) is 18.2 Å². The summed E-state index contributed by atoms with van der Waals surface area (Å²) in [5.74, 6) is 0.417. The molecule has 2 unspecified atom stereocenters. The number of nitrogens with two attached hydrogens (primary N) is 1. The molecule has 1 heterocycles. The maximum atomic E-state index is 11.5. The molecule has 1 aliphatic rings. The van der Waals surface area contributed by atoms with Gasteiger partial charge in [0.25, 0.3) is 0 Å². The van der Waals surface area contributed by atoms with Crippen molar-refractivity contribution in [2.24, 2.45) is 5.92 Å². The molecule has 1 saturated heterocycles. The first-order chi connectivity index (χ1) is 9.02. The highest BCUT2D eigenvalue weighted by molar-refractivity contribution is 5.92. The largest absolute Gasteiger partial charge is 0.465 e. The summed E-state index contributed by atoms with van der Waals surface area (Å²) >= 11 is 0. The highest BCUT2D eigenvalue weighted by Gasteiger charge is 2.24. The second kappa shape index (κ2) is 5.51. The van der Waals surface area contributed by atoms with Gasteiger partial charge in [-0.1, -0.05) is 6.92 Å². The van der Waals surface area contributed by atoms with Crippen LogP contribution in [0.2, 0.25) is 0 Å². The van der Waals surface area contributed by atoms with Crippen LogP contribution in [0.5, 0.6) is 0 Å². The van der Waals surface area contributed by atoms with Gasteiger partial charge >= 0.3 is 5.97 Å². The summed E-state index contributed by atoms with van der Waals surface area (Å²) in [6.45, 7) is 5.53. The average molecular weight is 262 g/mol. The predicted octanol–water partition coefficient (Wildman–Crippen LogP) is 2.68. The van der Waals surface area contributed by atoms with E-state index in [1.165, 1.54) is 20.0 Å². The number of nitrogen functional groups attached to an aromatic ring is 1. The number of rotatable bonds is 2. The summed E-state index contributed by atoms with van der Waals surface area (Å²) in [7, 11) is 1.38. The van der Waals surface area contributed by atoms with Gasteiger partial charge in [-0.25, -0.2) is 4.79 Å². The van der Waals surface area contributed by atoms with Gasteiger partial charge in [-0.05, 0) is 43.9 Å². The second-order valence-corrected chi connectivity index (χ2v) is 5.44. The second-order valence-electron chi connectivity index (χ2n) is 5.44. The van der Waals surface area contributed by atoms with Gasteiger partial charge < -0.3 is 15.4 Å². The van der Waals surface area contributed by atoms with Crippen LogP contribution in [0.3, 0.4) is 0 Å². The molecule has 4 nitrogen and oxygen atoms in total. The third kappa shape index (κ3) is 2.83. The maximum absolute atomic E-state index is 11.5. The number of anilines is 2. The van der Waals surface area contributed by atoms with Crippen LogP contribution in [0.25, 0.3) is 0 Å². The molecule has 0 bridgehead atoms. The van der Waals surface area contributed by atoms with Crippen molar-refractivity contribution < 1.29 is 9.53 Å². The van der Waals surface area contributed by atoms with Crippen molar-refractivity contribution in [3.8, 4) is 0 Å². The number of benzene rings is 1. The Morgan fingerprint density at radius 3 is 2.74 bits per heavy atom. The molecular weight excluding hydrogens is 240 g/mol. The summed E-state index contributed by atoms with van der Waals surface area (Å²) in [4.78, 5) is 13.8. The van der Waals surface area contributed by atoms with Crippen LogP contribution < -0.4 is 10.6 Å². The van der Waals surface area contributed by atoms with E-state index in [1.807, 2.05) is 6.07 Å². The molecule has 0 aliphatic carbocycles. The fourth-order valence-corrected chi connectivity index (χ4v) is 2.83. The van der Waals surface area contributed by atoms with Crippen molar-refractivity contribution >= 4 is 17.3 Å². The number of carbonyl (C=O) groups excluding carboxylic acids is 1. The van der Waals surface area contributed by atoms with Crippen LogP contribution in [0, 0.1) is 5.92 Å². The van der Waals surface area contributed by atoms with Gasteiger partial charge in [-0.3, -0.25) is 0 Å². The van der Waals surface area contributed by atoms with Crippen LogP contribution in [0.1, 0.15) is 37.0 Å². The smallest absolute Gasteiger partial charge is 0.337 e. The van der Waals surface area contributed by atoms with Gasteiger partial charge in [-0.15, -0.1) is 0 Å². The number of ether oxygens (including phenoxy) is 1. The number of hydrogen-bond acceptors (Lipinski definition) is 4. The highest BCUT2D eigenvalue weighted by Crippen LogP contribution is 2.32. The van der Waals surface area contributed by atoms with E-state index >= 15 is 0 Å². The van der Waals surface area contributed by atoms with Gasteiger partial charge in [-0.2, -0.15) is 0 Å². The van der Waals surface area contributed by atoms with Crippen molar-refractivity contribution in [1.29, 1.82) is 0 Å². The van der Waals surface area contributed by atoms with Crippen molar-refractivity contribution in [2.45, 2.75) is 32.7 Å². The zero-order valence-electron chi connectivity index (χ0n) is 11.8. The summed E-state index contributed by atoms with van der Waals surface area (Å²) in [5, 5.41) is 0. The van der Waals surface area contributed by atoms with E-state index in [9.17, 15) is 4.79 Å². The maximum Gasteiger partial charge on any atom is 0.337 e. The molecule has 0 spiro atoms. The Hall–Kier alpha value is -1.71. The molecular formula is C15H22N2O2. The third-order valence-corrected chi connectivity index (χ3v) is 3.90. The lowest BCUT2D eigenvalue weighted by atomic mass is 9.92. The molecule has 0 aromatic heterocycles. The van der Waals surface area contributed by atoms with Crippen LogP contribution in [-0.2, 0) is 4.74 Å². The SMILES string of the molecule is COC(=O)c1ccc(N2CCC(C)CC2C)c(N)c1. The van der Waals surface area contributed by atoms with Gasteiger partial charge in [0.05, 0.1) is 24.0 Å². The molecule has 1 aliphatic heterocycles. The first-order valence-electron chi connectivity index (χ1n) is 6.77. The minimum Gasteiger partial charge on any atom is -0.465 e. The number of esters is 1. The molecule has 0 radical (unpaired) electrons. The molecule has 1 aromatic carbocycles. The molecule has 1 aromatic rings. The number of methoxy groups -OCH3 is 1. The molecule has 4 heteroatoms. The van der Waals surface area contributed by atoms with E-state index in [0.29, 0.717) is 17.3 Å². The number of piperidine rings is 1. The van der Waals surface area contributed by atoms with E-state index in [0.717, 1.165) is 18.2 Å². The van der Waals surface area contributed by atoms with Crippen molar-refractivity contribution in [1.82, 2.24) is 0 Å². The van der Waals surface area contributed by atoms with E-state index < -0.39 is 0 Å². The Balaban J connectivity index is 2.23. The Morgan fingerprint density at radius 2 is 2.16 bits per heavy atom. The fraction of sp³-hybridized carbons (Fsp3) is 0.533. The average Bonchev–Trinajstić information content (AvgIpc) is 2.38. The van der Waals surface area contributed by atoms with Crippen LogP contribution in [0.4, 0.5) is 11.4 Å². The molecule has 0 saturated carbocycles. The quantitative estimate of drug-likeness (QED) is 0.657. The van der Waals surface area contributed by atoms with Gasteiger partial charge in [0.2, 0.25) is 0 Å². The normalized spacial score (nSPS) is 23.2. The monoisotopic (exact) mass is 262 g/mol. The molecule has 0 amide bonds. The Bertz CT molecular complexity index is 473. The predicted molar refractivity (Wildman–Crippen MR) is 77.4 cm³/mol. The van der Waals surface area contributed by atoms with E-state index in [2.05, 4.69) is 18.7 Å². The fourth-order valence-electron chi connectivity index (χ4n) is 2.83. The van der Waals surface area contributed by atoms with Crippen LogP contribution in [-0.4, -0.2) is 25.7 Å². The lowest BCUT2D eigenvalue weighted by Crippen LogP contribution is -2.40. The molecule has 2 atom stereocenters. The van der Waals surface area contributed by atoms with Gasteiger partial charge in [0.15, 0.2) is 0 Å². The van der Waals surface area contributed by atoms with Gasteiger partial charge in [0, 0.05) is 12.6 Å². The first-order valence-corrected chi connectivity index (χ1v) is 6.77. The molecule has 1 fully saturated rings. The minimum atomic E-state index is -0.349. The number of hydrogen-bond donors (Lipinski definition) is 1. The van der Waals surface area contributed by atoms with Crippen molar-refractivity contribution in [2.75, 3.05) is 24.3 Å². The lowest BCUT2D eigenvalue weighted by Gasteiger charge is -2.39. The number of carbonyl (C=O) groups is 1. The zero-order chi connectivity index (χ0) is 14.0. The molecule has 2 rings (SSSR count). The topological polar surface area (TPSA) is 55.6 Å². The molecule has 19 heavy (non-hydrogen) atoms. The van der Waals surface area contributed by atoms with E-state index in [4.69, 9.17) is 10.5 Å². The van der Waals surface area contributed by atoms with E-state index in [1.54, 1.807) is 12.1 Å². The van der Waals surface area contributed by atoms with Gasteiger partial charge in [0.1, 0.15) is 0 Å². The third-order valence-electron chi connectivity index (χ3n) is 3.90. The van der Waals surface area contributed by atoms with Crippen LogP contribution >= 0.6 is 0 Å². The summed E-state index contributed by atoms with van der Waals surface area (Å²) in [6.07, 6.45) is 2.36. The zero-order valence-corrected chi connectivity index (χ0v) is 11.8. The minimum absolute atomic E-state index is 0.349. The summed E-state index contributed by atoms with van der Waals surface area (Å²) in [5.41, 5.74) is 8.26. The highest BCUT2D eigenvalue weighted by atomic mass is 16.5. The first kappa shape index (κ1) is 13.7. The standard InChI is InChI=1S/C15H22N2O2/c1-10-6-7-17(11(2)8-10)14-5-4-12(9-13(14)16)15(18)19-3/h4-5,9-11H,6-8,16H2,1-3H3. The van der Waals surface area contributed by atoms with Crippen molar-refractivity contribution in [3.63, 3.8) is 0 Å². The van der Waals surface area contributed by atoms with E-state index in [-0.39, 0.29) is 5.97 Å². The lowest BCUT2D eigenvalue weighted by molar-refractivity contribution is 0.0601. The van der Waals surface area contributed by atoms with Crippen molar-refractivity contribution in [3.05, 3.63) is 23.8 Å². The Kier molecular flexibility index (Phi) is 3.98. The molecule has 2 N–H and O–H groups in total.